The fraction of sp³-hybridized carbons (Fsp3) is 0.250. The van der Waals surface area contributed by atoms with E-state index in [2.05, 4.69) is 23.2 Å². The molecule has 0 saturated heterocycles. The summed E-state index contributed by atoms with van der Waals surface area (Å²) in [4.78, 5) is 12.7. The van der Waals surface area contributed by atoms with Crippen LogP contribution in [0.3, 0.4) is 0 Å². The summed E-state index contributed by atoms with van der Waals surface area (Å²) in [7, 11) is 0. The van der Waals surface area contributed by atoms with E-state index in [4.69, 9.17) is 5.11 Å². The molecule has 0 aliphatic heterocycles. The van der Waals surface area contributed by atoms with E-state index in [9.17, 15) is 4.79 Å². The van der Waals surface area contributed by atoms with Crippen LogP contribution in [0.25, 0.3) is 10.9 Å². The zero-order chi connectivity index (χ0) is 11.1. The molecule has 2 N–H and O–H groups in total. The number of hydrogen-bond donors (Lipinski definition) is 2. The fourth-order valence-electron chi connectivity index (χ4n) is 1.21. The van der Waals surface area contributed by atoms with Crippen molar-refractivity contribution in [3.8, 4) is 0 Å². The topological polar surface area (TPSA) is 53.1 Å². The molecule has 2 rings (SSSR count). The molecule has 1 aromatic heterocycles. The first-order valence-electron chi connectivity index (χ1n) is 4.98. The smallest absolute Gasteiger partial charge is 0.0453 e. The summed E-state index contributed by atoms with van der Waals surface area (Å²) in [5.74, 6) is -0.711. The van der Waals surface area contributed by atoms with E-state index in [1.807, 2.05) is 25.3 Å². The van der Waals surface area contributed by atoms with Gasteiger partial charge in [-0.15, -0.1) is 0 Å². The SMILES string of the molecule is CCCC(=O)O.[KH].c1ccc2[nH]ccc2c1. The van der Waals surface area contributed by atoms with E-state index in [-0.39, 0.29) is 51.4 Å². The third-order valence-corrected chi connectivity index (χ3v) is 1.93. The molecule has 0 radical (unpaired) electrons. The van der Waals surface area contributed by atoms with Crippen LogP contribution in [0, 0.1) is 0 Å². The number of rotatable bonds is 2. The molecule has 0 amide bonds. The number of hydrogen-bond acceptors (Lipinski definition) is 1. The van der Waals surface area contributed by atoms with Gasteiger partial charge in [0.2, 0.25) is 0 Å². The number of fused-ring (bicyclic) bond motifs is 1. The zero-order valence-electron chi connectivity index (χ0n) is 8.73. The number of aliphatic carboxylic acids is 1. The van der Waals surface area contributed by atoms with Gasteiger partial charge in [0, 0.05) is 18.1 Å². The molecular weight excluding hydrogens is 229 g/mol. The molecule has 1 aromatic carbocycles. The third-order valence-electron chi connectivity index (χ3n) is 1.93. The summed E-state index contributed by atoms with van der Waals surface area (Å²) >= 11 is 0. The first kappa shape index (κ1) is 15.9. The van der Waals surface area contributed by atoms with Crippen LogP contribution in [0.2, 0.25) is 0 Å². The van der Waals surface area contributed by atoms with Gasteiger partial charge in [-0.25, -0.2) is 0 Å². The molecule has 0 aliphatic rings. The molecule has 4 heteroatoms. The maximum Gasteiger partial charge on any atom is 0.0453 e. The number of carboxylic acid groups (broad SMARTS) is 1. The number of nitrogens with one attached hydrogen (secondary N) is 1. The number of H-pyrrole nitrogens is 1. The van der Waals surface area contributed by atoms with Crippen LogP contribution < -0.4 is 0 Å². The zero-order valence-corrected chi connectivity index (χ0v) is 8.73. The number of para-hydroxylation sites is 1. The van der Waals surface area contributed by atoms with E-state index >= 15 is 0 Å². The first-order valence-corrected chi connectivity index (χ1v) is 4.98. The summed E-state index contributed by atoms with van der Waals surface area (Å²) < 4.78 is 0. The largest absolute Gasteiger partial charge is 0.361 e. The van der Waals surface area contributed by atoms with E-state index in [1.54, 1.807) is 0 Å². The molecule has 82 valence electrons. The van der Waals surface area contributed by atoms with Crippen molar-refractivity contribution in [2.75, 3.05) is 0 Å². The second-order valence-electron chi connectivity index (χ2n) is 3.21. The van der Waals surface area contributed by atoms with Crippen molar-refractivity contribution < 1.29 is 9.90 Å². The van der Waals surface area contributed by atoms with Crippen molar-refractivity contribution in [1.82, 2.24) is 4.98 Å². The third kappa shape index (κ3) is 5.82. The number of carboxylic acids is 1. The quantitative estimate of drug-likeness (QED) is 0.798. The minimum Gasteiger partial charge on any atom is -0.361 e. The Morgan fingerprint density at radius 1 is 1.31 bits per heavy atom. The van der Waals surface area contributed by atoms with Gasteiger partial charge in [-0.1, -0.05) is 25.1 Å². The van der Waals surface area contributed by atoms with Crippen LogP contribution in [0.15, 0.2) is 36.5 Å². The van der Waals surface area contributed by atoms with Crippen molar-refractivity contribution >= 4 is 68.3 Å². The van der Waals surface area contributed by atoms with Crippen molar-refractivity contribution in [1.29, 1.82) is 0 Å². The van der Waals surface area contributed by atoms with Gasteiger partial charge in [0.1, 0.15) is 0 Å². The summed E-state index contributed by atoms with van der Waals surface area (Å²) in [5.41, 5.74) is 1.21. The molecule has 0 saturated carbocycles. The van der Waals surface area contributed by atoms with Gasteiger partial charge in [0.15, 0.2) is 0 Å². The average Bonchev–Trinajstić information content (AvgIpc) is 2.65. The van der Waals surface area contributed by atoms with Gasteiger partial charge in [-0.3, -0.25) is 4.79 Å². The van der Waals surface area contributed by atoms with Gasteiger partial charge >= 0.3 is 57.4 Å². The molecule has 1 heterocycles. The Hall–Kier alpha value is -0.134. The van der Waals surface area contributed by atoms with Crippen molar-refractivity contribution in [3.63, 3.8) is 0 Å². The molecule has 0 bridgehead atoms. The number of carbonyl (C=O) groups is 1. The van der Waals surface area contributed by atoms with Gasteiger partial charge in [-0.2, -0.15) is 0 Å². The van der Waals surface area contributed by atoms with Crippen molar-refractivity contribution in [3.05, 3.63) is 36.5 Å². The maximum atomic E-state index is 9.60. The predicted molar refractivity (Wildman–Crippen MR) is 68.0 cm³/mol. The molecule has 0 unspecified atom stereocenters. The van der Waals surface area contributed by atoms with Crippen LogP contribution >= 0.6 is 0 Å². The summed E-state index contributed by atoms with van der Waals surface area (Å²) in [6, 6.07) is 10.3. The van der Waals surface area contributed by atoms with Gasteiger partial charge in [0.25, 0.3) is 0 Å². The Balaban J connectivity index is 0.000000289. The first-order chi connectivity index (χ1) is 7.24. The molecule has 16 heavy (non-hydrogen) atoms. The van der Waals surface area contributed by atoms with Gasteiger partial charge < -0.3 is 10.1 Å². The van der Waals surface area contributed by atoms with Crippen LogP contribution in [-0.2, 0) is 4.79 Å². The molecule has 0 spiro atoms. The van der Waals surface area contributed by atoms with Crippen LogP contribution in [0.5, 0.6) is 0 Å². The Labute approximate surface area is 138 Å². The minimum atomic E-state index is -0.711. The maximum absolute atomic E-state index is 9.60. The minimum absolute atomic E-state index is 0. The van der Waals surface area contributed by atoms with Gasteiger partial charge in [0.05, 0.1) is 0 Å². The van der Waals surface area contributed by atoms with Crippen LogP contribution in [-0.4, -0.2) is 67.4 Å². The Bertz CT molecular complexity index is 395. The van der Waals surface area contributed by atoms with Crippen LogP contribution in [0.4, 0.5) is 0 Å². The van der Waals surface area contributed by atoms with Gasteiger partial charge in [-0.05, 0) is 23.9 Å². The van der Waals surface area contributed by atoms with Crippen molar-refractivity contribution in [2.24, 2.45) is 0 Å². The Morgan fingerprint density at radius 2 is 2.00 bits per heavy atom. The second-order valence-corrected chi connectivity index (χ2v) is 3.21. The summed E-state index contributed by atoms with van der Waals surface area (Å²) in [5, 5.41) is 9.19. The Kier molecular flexibility index (Phi) is 8.88. The number of aromatic amines is 1. The summed E-state index contributed by atoms with van der Waals surface area (Å²) in [6.07, 6.45) is 2.97. The predicted octanol–water partition coefficient (Wildman–Crippen LogP) is 2.39. The number of benzene rings is 1. The van der Waals surface area contributed by atoms with E-state index in [0.717, 1.165) is 6.42 Å². The number of aromatic nitrogens is 1. The molecule has 2 aromatic rings. The molecule has 0 fully saturated rings. The van der Waals surface area contributed by atoms with E-state index < -0.39 is 5.97 Å². The van der Waals surface area contributed by atoms with E-state index in [1.165, 1.54) is 10.9 Å². The monoisotopic (exact) mass is 245 g/mol. The van der Waals surface area contributed by atoms with Crippen molar-refractivity contribution in [2.45, 2.75) is 19.8 Å². The summed E-state index contributed by atoms with van der Waals surface area (Å²) in [6.45, 7) is 1.84. The molecule has 0 aliphatic carbocycles. The Morgan fingerprint density at radius 3 is 2.50 bits per heavy atom. The molecule has 0 atom stereocenters. The fourth-order valence-corrected chi connectivity index (χ4v) is 1.21. The van der Waals surface area contributed by atoms with E-state index in [0.29, 0.717) is 6.42 Å². The molecular formula is C12H16KNO2. The molecule has 3 nitrogen and oxygen atoms in total. The standard InChI is InChI=1S/C8H7N.C4H8O2.K.H/c1-2-4-8-7(3-1)5-6-9-8;1-2-3-4(5)6;;/h1-6,9H;2-3H2,1H3,(H,5,6);;. The normalized spacial score (nSPS) is 8.81. The average molecular weight is 245 g/mol. The van der Waals surface area contributed by atoms with Crippen LogP contribution in [0.1, 0.15) is 19.8 Å². The second kappa shape index (κ2) is 8.95.